The Bertz CT molecular complexity index is 704. The first-order valence-corrected chi connectivity index (χ1v) is 9.22. The molecule has 2 fully saturated rings. The minimum absolute atomic E-state index is 0.150. The number of pyridine rings is 1. The zero-order valence-corrected chi connectivity index (χ0v) is 15.8. The third-order valence-corrected chi connectivity index (χ3v) is 5.15. The molecule has 0 aromatic carbocycles. The molecule has 0 spiro atoms. The highest BCUT2D eigenvalue weighted by Gasteiger charge is 2.47. The van der Waals surface area contributed by atoms with Gasteiger partial charge < -0.3 is 5.32 Å². The average Bonchev–Trinajstić information content (AvgIpc) is 2.88. The maximum Gasteiger partial charge on any atom is 0.344 e. The third-order valence-electron chi connectivity index (χ3n) is 5.15. The number of carbonyl (C=O) groups is 3. The fourth-order valence-corrected chi connectivity index (χ4v) is 3.21. The molecule has 3 rings (SSSR count). The smallest absolute Gasteiger partial charge is 0.322 e. The molecule has 0 bridgehead atoms. The number of nitrogens with one attached hydrogen (secondary N) is 2. The summed E-state index contributed by atoms with van der Waals surface area (Å²) in [5, 5.41) is 3.41. The van der Waals surface area contributed by atoms with Gasteiger partial charge in [0.05, 0.1) is 12.2 Å². The first-order chi connectivity index (χ1) is 12.9. The van der Waals surface area contributed by atoms with Gasteiger partial charge >= 0.3 is 6.03 Å². The number of amides is 4. The Morgan fingerprint density at radius 1 is 1.22 bits per heavy atom. The molecule has 2 aliphatic heterocycles. The number of imide groups is 1. The van der Waals surface area contributed by atoms with Crippen molar-refractivity contribution in [2.24, 2.45) is 0 Å². The van der Waals surface area contributed by atoms with Crippen LogP contribution in [-0.4, -0.2) is 75.9 Å². The van der Waals surface area contributed by atoms with E-state index in [9.17, 15) is 14.4 Å². The van der Waals surface area contributed by atoms with Gasteiger partial charge in [-0.3, -0.25) is 29.8 Å². The maximum absolute atomic E-state index is 12.3. The summed E-state index contributed by atoms with van der Waals surface area (Å²) in [5.41, 5.74) is 2.51. The van der Waals surface area contributed by atoms with Crippen LogP contribution in [0.25, 0.3) is 0 Å². The lowest BCUT2D eigenvalue weighted by Gasteiger charge is -2.34. The monoisotopic (exact) mass is 374 g/mol. The molecule has 3 heterocycles. The molecule has 27 heavy (non-hydrogen) atoms. The van der Waals surface area contributed by atoms with Crippen LogP contribution in [-0.2, 0) is 16.1 Å². The maximum atomic E-state index is 12.3. The van der Waals surface area contributed by atoms with E-state index in [1.165, 1.54) is 0 Å². The number of aromatic nitrogens is 1. The van der Waals surface area contributed by atoms with Crippen LogP contribution in [0.3, 0.4) is 0 Å². The highest BCUT2D eigenvalue weighted by molar-refractivity contribution is 6.07. The van der Waals surface area contributed by atoms with Gasteiger partial charge in [-0.05, 0) is 25.5 Å². The minimum Gasteiger partial charge on any atom is -0.322 e. The SMILES string of the molecule is CCC1(C)NC(=O)N(NC(=O)CN2CCN(Cc3ccccn3)CC2)C1=O. The van der Waals surface area contributed by atoms with Crippen LogP contribution in [0.15, 0.2) is 24.4 Å². The summed E-state index contributed by atoms with van der Waals surface area (Å²) in [5.74, 6) is -0.791. The van der Waals surface area contributed by atoms with E-state index < -0.39 is 17.5 Å². The quantitative estimate of drug-likeness (QED) is 0.678. The number of hydrazine groups is 1. The van der Waals surface area contributed by atoms with Crippen molar-refractivity contribution in [2.45, 2.75) is 32.4 Å². The van der Waals surface area contributed by atoms with E-state index in [1.807, 2.05) is 30.0 Å². The van der Waals surface area contributed by atoms with Crippen molar-refractivity contribution in [3.8, 4) is 0 Å². The molecule has 0 aliphatic carbocycles. The van der Waals surface area contributed by atoms with Crippen molar-refractivity contribution in [2.75, 3.05) is 32.7 Å². The standard InChI is InChI=1S/C18H26N6O3/c1-3-18(2)16(26)24(17(27)20-18)21-15(25)13-23-10-8-22(9-11-23)12-14-6-4-5-7-19-14/h4-7H,3,8-13H2,1-2H3,(H,20,27)(H,21,25). The Morgan fingerprint density at radius 3 is 2.52 bits per heavy atom. The van der Waals surface area contributed by atoms with Gasteiger partial charge in [0.1, 0.15) is 5.54 Å². The summed E-state index contributed by atoms with van der Waals surface area (Å²) >= 11 is 0. The normalized spacial score (nSPS) is 24.1. The first-order valence-electron chi connectivity index (χ1n) is 9.22. The molecule has 1 aromatic rings. The summed E-state index contributed by atoms with van der Waals surface area (Å²) in [6, 6.07) is 5.29. The predicted octanol–water partition coefficient (Wildman–Crippen LogP) is -0.0491. The molecule has 2 N–H and O–H groups in total. The van der Waals surface area contributed by atoms with Gasteiger partial charge in [0.2, 0.25) is 0 Å². The average molecular weight is 374 g/mol. The molecule has 1 unspecified atom stereocenters. The molecule has 9 nitrogen and oxygen atoms in total. The Morgan fingerprint density at radius 2 is 1.93 bits per heavy atom. The Labute approximate surface area is 158 Å². The lowest BCUT2D eigenvalue weighted by atomic mass is 10.00. The van der Waals surface area contributed by atoms with Crippen molar-refractivity contribution < 1.29 is 14.4 Å². The van der Waals surface area contributed by atoms with Gasteiger partial charge in [-0.25, -0.2) is 4.79 Å². The second-order valence-corrected chi connectivity index (χ2v) is 7.16. The zero-order chi connectivity index (χ0) is 19.4. The molecule has 1 atom stereocenters. The zero-order valence-electron chi connectivity index (χ0n) is 15.8. The molecule has 9 heteroatoms. The van der Waals surface area contributed by atoms with E-state index in [0.29, 0.717) is 6.42 Å². The van der Waals surface area contributed by atoms with Crippen molar-refractivity contribution in [1.82, 2.24) is 30.5 Å². The topological polar surface area (TPSA) is 97.9 Å². The summed E-state index contributed by atoms with van der Waals surface area (Å²) in [6.45, 7) is 7.56. The highest BCUT2D eigenvalue weighted by atomic mass is 16.2. The molecule has 2 saturated heterocycles. The molecular formula is C18H26N6O3. The number of nitrogens with zero attached hydrogens (tertiary/aromatic N) is 4. The van der Waals surface area contributed by atoms with Crippen LogP contribution < -0.4 is 10.7 Å². The summed E-state index contributed by atoms with van der Waals surface area (Å²) in [4.78, 5) is 45.2. The van der Waals surface area contributed by atoms with Gasteiger partial charge in [0.15, 0.2) is 0 Å². The lowest BCUT2D eigenvalue weighted by Crippen LogP contribution is -2.53. The number of urea groups is 1. The molecule has 146 valence electrons. The van der Waals surface area contributed by atoms with Crippen molar-refractivity contribution in [1.29, 1.82) is 0 Å². The van der Waals surface area contributed by atoms with E-state index in [4.69, 9.17) is 0 Å². The predicted molar refractivity (Wildman–Crippen MR) is 98.2 cm³/mol. The van der Waals surface area contributed by atoms with Gasteiger partial charge in [0, 0.05) is 38.9 Å². The fourth-order valence-electron chi connectivity index (χ4n) is 3.21. The number of hydrogen-bond acceptors (Lipinski definition) is 6. The van der Waals surface area contributed by atoms with Gasteiger partial charge in [-0.15, -0.1) is 0 Å². The van der Waals surface area contributed by atoms with E-state index in [1.54, 1.807) is 13.1 Å². The number of hydrogen-bond donors (Lipinski definition) is 2. The molecule has 4 amide bonds. The first kappa shape index (κ1) is 19.2. The number of carbonyl (C=O) groups excluding carboxylic acids is 3. The van der Waals surface area contributed by atoms with E-state index in [2.05, 4.69) is 20.6 Å². The Hall–Kier alpha value is -2.52. The van der Waals surface area contributed by atoms with Crippen LogP contribution in [0.4, 0.5) is 4.79 Å². The van der Waals surface area contributed by atoms with Gasteiger partial charge in [-0.2, -0.15) is 5.01 Å². The molecule has 0 radical (unpaired) electrons. The summed E-state index contributed by atoms with van der Waals surface area (Å²) < 4.78 is 0. The highest BCUT2D eigenvalue weighted by Crippen LogP contribution is 2.19. The van der Waals surface area contributed by atoms with Crippen molar-refractivity contribution in [3.05, 3.63) is 30.1 Å². The number of piperazine rings is 1. The van der Waals surface area contributed by atoms with E-state index in [-0.39, 0.29) is 12.5 Å². The minimum atomic E-state index is -0.957. The second kappa shape index (κ2) is 8.01. The molecule has 0 saturated carbocycles. The number of rotatable bonds is 6. The third kappa shape index (κ3) is 4.42. The van der Waals surface area contributed by atoms with E-state index >= 15 is 0 Å². The summed E-state index contributed by atoms with van der Waals surface area (Å²) in [7, 11) is 0. The Balaban J connectivity index is 1.45. The van der Waals surface area contributed by atoms with Gasteiger partial charge in [0.25, 0.3) is 11.8 Å². The van der Waals surface area contributed by atoms with Crippen molar-refractivity contribution >= 4 is 17.8 Å². The molecular weight excluding hydrogens is 348 g/mol. The molecule has 1 aromatic heterocycles. The second-order valence-electron chi connectivity index (χ2n) is 7.16. The molecule has 2 aliphatic rings. The van der Waals surface area contributed by atoms with Crippen LogP contribution in [0.5, 0.6) is 0 Å². The van der Waals surface area contributed by atoms with Crippen LogP contribution in [0.1, 0.15) is 26.0 Å². The van der Waals surface area contributed by atoms with E-state index in [0.717, 1.165) is 43.4 Å². The van der Waals surface area contributed by atoms with Crippen LogP contribution in [0, 0.1) is 0 Å². The summed E-state index contributed by atoms with van der Waals surface area (Å²) in [6.07, 6.45) is 2.25. The largest absolute Gasteiger partial charge is 0.344 e. The Kier molecular flexibility index (Phi) is 5.71. The lowest BCUT2D eigenvalue weighted by molar-refractivity contribution is -0.139. The van der Waals surface area contributed by atoms with Gasteiger partial charge in [-0.1, -0.05) is 13.0 Å². The van der Waals surface area contributed by atoms with Crippen LogP contribution >= 0.6 is 0 Å². The van der Waals surface area contributed by atoms with Crippen LogP contribution in [0.2, 0.25) is 0 Å². The fraction of sp³-hybridized carbons (Fsp3) is 0.556. The van der Waals surface area contributed by atoms with Crippen molar-refractivity contribution in [3.63, 3.8) is 0 Å².